The highest BCUT2D eigenvalue weighted by molar-refractivity contribution is 4.94. The van der Waals surface area contributed by atoms with Crippen LogP contribution in [0.5, 0.6) is 0 Å². The molecular weight excluding hydrogens is 206 g/mol. The fourth-order valence-corrected chi connectivity index (χ4v) is 1.14. The summed E-state index contributed by atoms with van der Waals surface area (Å²) in [5, 5.41) is 12.7. The van der Waals surface area contributed by atoms with Gasteiger partial charge in [0.05, 0.1) is 25.4 Å². The number of allylic oxidation sites excluding steroid dienone is 1. The van der Waals surface area contributed by atoms with Crippen LogP contribution in [-0.4, -0.2) is 50.7 Å². The number of nitrogens with one attached hydrogen (secondary N) is 1. The molecule has 0 aromatic heterocycles. The van der Waals surface area contributed by atoms with Crippen molar-refractivity contribution >= 4 is 0 Å². The molecule has 0 aliphatic carbocycles. The maximum Gasteiger partial charge on any atom is 0.0897 e. The van der Waals surface area contributed by atoms with Gasteiger partial charge >= 0.3 is 0 Å². The molecule has 0 amide bonds. The van der Waals surface area contributed by atoms with Gasteiger partial charge < -0.3 is 19.9 Å². The molecule has 96 valence electrons. The first-order valence-corrected chi connectivity index (χ1v) is 5.69. The van der Waals surface area contributed by atoms with Gasteiger partial charge in [0.1, 0.15) is 0 Å². The van der Waals surface area contributed by atoms with Gasteiger partial charge in [-0.05, 0) is 20.8 Å². The van der Waals surface area contributed by atoms with Crippen molar-refractivity contribution in [3.05, 3.63) is 11.6 Å². The molecule has 0 spiro atoms. The van der Waals surface area contributed by atoms with Crippen LogP contribution in [0.2, 0.25) is 0 Å². The van der Waals surface area contributed by atoms with Crippen molar-refractivity contribution in [1.29, 1.82) is 0 Å². The third-order valence-corrected chi connectivity index (χ3v) is 2.01. The zero-order chi connectivity index (χ0) is 12.4. The average molecular weight is 231 g/mol. The van der Waals surface area contributed by atoms with Crippen molar-refractivity contribution in [3.63, 3.8) is 0 Å². The van der Waals surface area contributed by atoms with Crippen LogP contribution < -0.4 is 5.32 Å². The van der Waals surface area contributed by atoms with E-state index in [0.717, 1.165) is 6.54 Å². The van der Waals surface area contributed by atoms with Crippen LogP contribution in [0, 0.1) is 0 Å². The SMILES string of the molecule is COCC(C)OCC(O)CNCC=C(C)C. The molecule has 2 unspecified atom stereocenters. The molecule has 2 N–H and O–H groups in total. The van der Waals surface area contributed by atoms with Crippen molar-refractivity contribution < 1.29 is 14.6 Å². The number of methoxy groups -OCH3 is 1. The minimum atomic E-state index is -0.468. The lowest BCUT2D eigenvalue weighted by atomic mass is 10.3. The lowest BCUT2D eigenvalue weighted by Gasteiger charge is -2.15. The topological polar surface area (TPSA) is 50.7 Å². The van der Waals surface area contributed by atoms with Gasteiger partial charge in [-0.2, -0.15) is 0 Å². The number of rotatable bonds is 9. The molecule has 4 nitrogen and oxygen atoms in total. The van der Waals surface area contributed by atoms with Crippen LogP contribution in [0.1, 0.15) is 20.8 Å². The molecule has 0 saturated carbocycles. The zero-order valence-corrected chi connectivity index (χ0v) is 10.8. The predicted octanol–water partition coefficient (Wildman–Crippen LogP) is 0.955. The van der Waals surface area contributed by atoms with E-state index in [4.69, 9.17) is 9.47 Å². The second kappa shape index (κ2) is 9.78. The van der Waals surface area contributed by atoms with Gasteiger partial charge in [-0.15, -0.1) is 0 Å². The number of ether oxygens (including phenoxy) is 2. The van der Waals surface area contributed by atoms with Crippen molar-refractivity contribution in [2.45, 2.75) is 33.0 Å². The molecule has 16 heavy (non-hydrogen) atoms. The van der Waals surface area contributed by atoms with Crippen LogP contribution in [0.4, 0.5) is 0 Å². The fraction of sp³-hybridized carbons (Fsp3) is 0.833. The van der Waals surface area contributed by atoms with E-state index >= 15 is 0 Å². The average Bonchev–Trinajstić information content (AvgIpc) is 2.22. The van der Waals surface area contributed by atoms with Gasteiger partial charge in [0.2, 0.25) is 0 Å². The number of aliphatic hydroxyl groups is 1. The van der Waals surface area contributed by atoms with Crippen molar-refractivity contribution in [2.24, 2.45) is 0 Å². The normalized spacial score (nSPS) is 14.6. The van der Waals surface area contributed by atoms with Crippen molar-refractivity contribution in [1.82, 2.24) is 5.32 Å². The Morgan fingerprint density at radius 2 is 2.06 bits per heavy atom. The fourth-order valence-electron chi connectivity index (χ4n) is 1.14. The highest BCUT2D eigenvalue weighted by Crippen LogP contribution is 1.93. The Labute approximate surface area is 98.6 Å². The van der Waals surface area contributed by atoms with E-state index in [1.54, 1.807) is 7.11 Å². The molecule has 0 saturated heterocycles. The molecule has 0 fully saturated rings. The Hall–Kier alpha value is -0.420. The van der Waals surface area contributed by atoms with Gasteiger partial charge in [0.15, 0.2) is 0 Å². The third kappa shape index (κ3) is 10.1. The summed E-state index contributed by atoms with van der Waals surface area (Å²) in [5.74, 6) is 0. The Morgan fingerprint density at radius 1 is 1.38 bits per heavy atom. The van der Waals surface area contributed by atoms with Gasteiger partial charge in [-0.1, -0.05) is 11.6 Å². The van der Waals surface area contributed by atoms with E-state index < -0.39 is 6.10 Å². The highest BCUT2D eigenvalue weighted by atomic mass is 16.5. The summed E-state index contributed by atoms with van der Waals surface area (Å²) in [5.41, 5.74) is 1.27. The standard InChI is InChI=1S/C12H25NO3/c1-10(2)5-6-13-7-12(14)9-16-11(3)8-15-4/h5,11-14H,6-9H2,1-4H3. The summed E-state index contributed by atoms with van der Waals surface area (Å²) < 4.78 is 10.3. The van der Waals surface area contributed by atoms with E-state index in [2.05, 4.69) is 11.4 Å². The maximum absolute atomic E-state index is 9.58. The minimum absolute atomic E-state index is 0.0254. The Bertz CT molecular complexity index is 191. The molecule has 0 heterocycles. The van der Waals surface area contributed by atoms with Crippen molar-refractivity contribution in [2.75, 3.05) is 33.4 Å². The highest BCUT2D eigenvalue weighted by Gasteiger charge is 2.06. The molecule has 0 aliphatic heterocycles. The van der Waals surface area contributed by atoms with E-state index in [0.29, 0.717) is 19.8 Å². The summed E-state index contributed by atoms with van der Waals surface area (Å²) >= 11 is 0. The second-order valence-electron chi connectivity index (χ2n) is 4.19. The molecule has 2 atom stereocenters. The van der Waals surface area contributed by atoms with Gasteiger partial charge in [0.25, 0.3) is 0 Å². The quantitative estimate of drug-likeness (QED) is 0.458. The summed E-state index contributed by atoms with van der Waals surface area (Å²) in [6.07, 6.45) is 1.64. The van der Waals surface area contributed by atoms with Crippen LogP contribution in [-0.2, 0) is 9.47 Å². The lowest BCUT2D eigenvalue weighted by Crippen LogP contribution is -2.32. The molecule has 0 bridgehead atoms. The first-order chi connectivity index (χ1) is 7.56. The van der Waals surface area contributed by atoms with E-state index in [1.807, 2.05) is 20.8 Å². The van der Waals surface area contributed by atoms with Gasteiger partial charge in [-0.25, -0.2) is 0 Å². The van der Waals surface area contributed by atoms with Crippen molar-refractivity contribution in [3.8, 4) is 0 Å². The predicted molar refractivity (Wildman–Crippen MR) is 65.6 cm³/mol. The van der Waals surface area contributed by atoms with Crippen LogP contribution >= 0.6 is 0 Å². The van der Waals surface area contributed by atoms with Gasteiger partial charge in [-0.3, -0.25) is 0 Å². The van der Waals surface area contributed by atoms with E-state index in [-0.39, 0.29) is 6.10 Å². The second-order valence-corrected chi connectivity index (χ2v) is 4.19. The van der Waals surface area contributed by atoms with Crippen LogP contribution in [0.3, 0.4) is 0 Å². The van der Waals surface area contributed by atoms with Crippen LogP contribution in [0.25, 0.3) is 0 Å². The summed E-state index contributed by atoms with van der Waals surface area (Å²) in [4.78, 5) is 0. The first-order valence-electron chi connectivity index (χ1n) is 5.69. The van der Waals surface area contributed by atoms with Gasteiger partial charge in [0, 0.05) is 20.2 Å². The number of hydrogen-bond acceptors (Lipinski definition) is 4. The molecule has 0 aromatic rings. The zero-order valence-electron chi connectivity index (χ0n) is 10.8. The number of hydrogen-bond donors (Lipinski definition) is 2. The summed E-state index contributed by atoms with van der Waals surface area (Å²) in [6.45, 7) is 8.24. The first kappa shape index (κ1) is 15.6. The molecule has 0 aliphatic rings. The third-order valence-electron chi connectivity index (χ3n) is 2.01. The van der Waals surface area contributed by atoms with E-state index in [1.165, 1.54) is 5.57 Å². The molecule has 0 rings (SSSR count). The summed E-state index contributed by atoms with van der Waals surface area (Å²) in [7, 11) is 1.64. The molecule has 0 aromatic carbocycles. The molecule has 0 radical (unpaired) electrons. The van der Waals surface area contributed by atoms with E-state index in [9.17, 15) is 5.11 Å². The minimum Gasteiger partial charge on any atom is -0.389 e. The Kier molecular flexibility index (Phi) is 9.52. The maximum atomic E-state index is 9.58. The largest absolute Gasteiger partial charge is 0.389 e. The number of aliphatic hydroxyl groups excluding tert-OH is 1. The summed E-state index contributed by atoms with van der Waals surface area (Å²) in [6, 6.07) is 0. The Morgan fingerprint density at radius 3 is 2.62 bits per heavy atom. The lowest BCUT2D eigenvalue weighted by molar-refractivity contribution is -0.0308. The smallest absolute Gasteiger partial charge is 0.0897 e. The van der Waals surface area contributed by atoms with Crippen LogP contribution in [0.15, 0.2) is 11.6 Å². The Balaban J connectivity index is 3.44. The molecular formula is C12H25NO3. The monoisotopic (exact) mass is 231 g/mol. The molecule has 4 heteroatoms.